The zero-order valence-electron chi connectivity index (χ0n) is 19.2. The summed E-state index contributed by atoms with van der Waals surface area (Å²) in [5.74, 6) is 1.15. The van der Waals surface area contributed by atoms with Crippen molar-refractivity contribution >= 4 is 22.6 Å². The third kappa shape index (κ3) is 4.53. The van der Waals surface area contributed by atoms with E-state index < -0.39 is 0 Å². The smallest absolute Gasteiger partial charge is 0.255 e. The molecule has 3 aromatic rings. The van der Waals surface area contributed by atoms with E-state index in [4.69, 9.17) is 9.47 Å². The van der Waals surface area contributed by atoms with Crippen molar-refractivity contribution in [1.82, 2.24) is 20.1 Å². The normalized spacial score (nSPS) is 17.6. The second-order valence-corrected chi connectivity index (χ2v) is 8.84. The van der Waals surface area contributed by atoms with Crippen LogP contribution in [-0.2, 0) is 11.3 Å². The zero-order valence-corrected chi connectivity index (χ0v) is 19.2. The molecule has 5 rings (SSSR count). The average molecular weight is 450 g/mol. The standard InChI is InChI=1S/C25H31N5O3/c1-3-30-24-20(15-27-30)23(28-18-10-12-33-13-11-18)21(14-26-24)25(31)29-22(16-4-5-16)17-6-8-19(32-2)9-7-17/h6-9,14-16,18,22H,3-5,10-13H2,1-2H3,(H,26,28)(H,29,31). The molecule has 1 aliphatic heterocycles. The van der Waals surface area contributed by atoms with Gasteiger partial charge in [0.2, 0.25) is 0 Å². The number of amides is 1. The number of pyridine rings is 1. The molecule has 2 aromatic heterocycles. The van der Waals surface area contributed by atoms with Gasteiger partial charge in [-0.25, -0.2) is 9.67 Å². The molecule has 33 heavy (non-hydrogen) atoms. The number of benzene rings is 1. The molecular formula is C25H31N5O3. The molecule has 2 N–H and O–H groups in total. The lowest BCUT2D eigenvalue weighted by Gasteiger charge is -2.26. The molecule has 2 aliphatic rings. The summed E-state index contributed by atoms with van der Waals surface area (Å²) in [7, 11) is 1.66. The van der Waals surface area contributed by atoms with Gasteiger partial charge < -0.3 is 20.1 Å². The number of nitrogens with zero attached hydrogens (tertiary/aromatic N) is 3. The molecule has 174 valence electrons. The molecule has 1 saturated heterocycles. The fourth-order valence-electron chi connectivity index (χ4n) is 4.57. The maximum atomic E-state index is 13.6. The number of aryl methyl sites for hydroxylation is 1. The van der Waals surface area contributed by atoms with Crippen LogP contribution in [0.1, 0.15) is 54.6 Å². The van der Waals surface area contributed by atoms with Gasteiger partial charge in [0.25, 0.3) is 5.91 Å². The van der Waals surface area contributed by atoms with Gasteiger partial charge in [0.1, 0.15) is 5.75 Å². The molecule has 8 nitrogen and oxygen atoms in total. The summed E-state index contributed by atoms with van der Waals surface area (Å²) in [6.07, 6.45) is 7.54. The van der Waals surface area contributed by atoms with Gasteiger partial charge in [0, 0.05) is 32.0 Å². The second kappa shape index (κ2) is 9.39. The number of methoxy groups -OCH3 is 1. The summed E-state index contributed by atoms with van der Waals surface area (Å²) in [6.45, 7) is 4.21. The van der Waals surface area contributed by atoms with E-state index in [-0.39, 0.29) is 18.0 Å². The third-order valence-corrected chi connectivity index (χ3v) is 6.64. The van der Waals surface area contributed by atoms with Crippen LogP contribution in [0.3, 0.4) is 0 Å². The Morgan fingerprint density at radius 1 is 1.18 bits per heavy atom. The number of rotatable bonds is 8. The second-order valence-electron chi connectivity index (χ2n) is 8.84. The number of nitrogens with one attached hydrogen (secondary N) is 2. The van der Waals surface area contributed by atoms with Crippen LogP contribution < -0.4 is 15.4 Å². The van der Waals surface area contributed by atoms with Gasteiger partial charge in [-0.1, -0.05) is 12.1 Å². The van der Waals surface area contributed by atoms with Gasteiger partial charge in [-0.2, -0.15) is 5.10 Å². The number of anilines is 1. The van der Waals surface area contributed by atoms with E-state index in [1.54, 1.807) is 13.3 Å². The lowest BCUT2D eigenvalue weighted by Crippen LogP contribution is -2.32. The van der Waals surface area contributed by atoms with Crippen molar-refractivity contribution in [3.05, 3.63) is 47.8 Å². The van der Waals surface area contributed by atoms with Gasteiger partial charge in [0.15, 0.2) is 5.65 Å². The van der Waals surface area contributed by atoms with Gasteiger partial charge in [-0.3, -0.25) is 4.79 Å². The predicted molar refractivity (Wildman–Crippen MR) is 127 cm³/mol. The molecule has 1 atom stereocenters. The Hall–Kier alpha value is -3.13. The van der Waals surface area contributed by atoms with E-state index in [0.717, 1.165) is 73.5 Å². The first-order chi connectivity index (χ1) is 16.2. The summed E-state index contributed by atoms with van der Waals surface area (Å²) < 4.78 is 12.7. The maximum Gasteiger partial charge on any atom is 0.255 e. The van der Waals surface area contributed by atoms with Gasteiger partial charge in [0.05, 0.1) is 36.0 Å². The fourth-order valence-corrected chi connectivity index (χ4v) is 4.57. The predicted octanol–water partition coefficient (Wildman–Crippen LogP) is 3.93. The van der Waals surface area contributed by atoms with Gasteiger partial charge in [-0.05, 0) is 56.2 Å². The Morgan fingerprint density at radius 2 is 1.94 bits per heavy atom. The Bertz CT molecular complexity index is 1120. The molecular weight excluding hydrogens is 418 g/mol. The summed E-state index contributed by atoms with van der Waals surface area (Å²) in [6, 6.07) is 8.19. The molecule has 1 aliphatic carbocycles. The average Bonchev–Trinajstić information content (AvgIpc) is 3.61. The quantitative estimate of drug-likeness (QED) is 0.542. The first-order valence-corrected chi connectivity index (χ1v) is 11.8. The molecule has 1 saturated carbocycles. The highest BCUT2D eigenvalue weighted by Crippen LogP contribution is 2.41. The number of fused-ring (bicyclic) bond motifs is 1. The SMILES string of the molecule is CCn1ncc2c(NC3CCOCC3)c(C(=O)NC(c3ccc(OC)cc3)C3CC3)cnc21. The van der Waals surface area contributed by atoms with E-state index >= 15 is 0 Å². The summed E-state index contributed by atoms with van der Waals surface area (Å²) in [4.78, 5) is 18.2. The third-order valence-electron chi connectivity index (χ3n) is 6.64. The van der Waals surface area contributed by atoms with E-state index in [1.807, 2.05) is 42.1 Å². The first kappa shape index (κ1) is 21.7. The fraction of sp³-hybridized carbons (Fsp3) is 0.480. The number of hydrogen-bond acceptors (Lipinski definition) is 6. The Morgan fingerprint density at radius 3 is 2.61 bits per heavy atom. The van der Waals surface area contributed by atoms with Crippen molar-refractivity contribution in [2.75, 3.05) is 25.6 Å². The van der Waals surface area contributed by atoms with E-state index in [0.29, 0.717) is 11.5 Å². The van der Waals surface area contributed by atoms with Crippen molar-refractivity contribution in [2.24, 2.45) is 5.92 Å². The van der Waals surface area contributed by atoms with Crippen LogP contribution in [0.15, 0.2) is 36.7 Å². The molecule has 0 spiro atoms. The van der Waals surface area contributed by atoms with Crippen LogP contribution in [0, 0.1) is 5.92 Å². The number of hydrogen-bond donors (Lipinski definition) is 2. The van der Waals surface area contributed by atoms with E-state index in [1.165, 1.54) is 0 Å². The van der Waals surface area contributed by atoms with Crippen LogP contribution in [-0.4, -0.2) is 47.0 Å². The van der Waals surface area contributed by atoms with Crippen molar-refractivity contribution < 1.29 is 14.3 Å². The Kier molecular flexibility index (Phi) is 6.17. The first-order valence-electron chi connectivity index (χ1n) is 11.8. The monoisotopic (exact) mass is 449 g/mol. The molecule has 3 heterocycles. The number of ether oxygens (including phenoxy) is 2. The minimum Gasteiger partial charge on any atom is -0.497 e. The molecule has 0 bridgehead atoms. The molecule has 2 fully saturated rings. The number of aromatic nitrogens is 3. The highest BCUT2D eigenvalue weighted by atomic mass is 16.5. The minimum atomic E-state index is -0.115. The number of carbonyl (C=O) groups is 1. The summed E-state index contributed by atoms with van der Waals surface area (Å²) in [5.41, 5.74) is 3.26. The van der Waals surface area contributed by atoms with Crippen LogP contribution in [0.25, 0.3) is 11.0 Å². The lowest BCUT2D eigenvalue weighted by atomic mass is 10.0. The van der Waals surface area contributed by atoms with Gasteiger partial charge >= 0.3 is 0 Å². The largest absolute Gasteiger partial charge is 0.497 e. The van der Waals surface area contributed by atoms with E-state index in [2.05, 4.69) is 20.7 Å². The van der Waals surface area contributed by atoms with Crippen LogP contribution in [0.5, 0.6) is 5.75 Å². The zero-order chi connectivity index (χ0) is 22.8. The van der Waals surface area contributed by atoms with Crippen LogP contribution in [0.4, 0.5) is 5.69 Å². The van der Waals surface area contributed by atoms with Crippen molar-refractivity contribution in [2.45, 2.75) is 51.2 Å². The molecule has 1 aromatic carbocycles. The Balaban J connectivity index is 1.46. The molecule has 8 heteroatoms. The highest BCUT2D eigenvalue weighted by Gasteiger charge is 2.34. The highest BCUT2D eigenvalue weighted by molar-refractivity contribution is 6.06. The van der Waals surface area contributed by atoms with Crippen molar-refractivity contribution in [3.8, 4) is 5.75 Å². The summed E-state index contributed by atoms with van der Waals surface area (Å²) in [5, 5.41) is 12.3. The maximum absolute atomic E-state index is 13.6. The van der Waals surface area contributed by atoms with Crippen molar-refractivity contribution in [1.29, 1.82) is 0 Å². The molecule has 1 unspecified atom stereocenters. The van der Waals surface area contributed by atoms with Crippen LogP contribution in [0.2, 0.25) is 0 Å². The number of carbonyl (C=O) groups excluding carboxylic acids is 1. The molecule has 1 amide bonds. The van der Waals surface area contributed by atoms with Crippen LogP contribution >= 0.6 is 0 Å². The topological polar surface area (TPSA) is 90.3 Å². The van der Waals surface area contributed by atoms with Crippen molar-refractivity contribution in [3.63, 3.8) is 0 Å². The lowest BCUT2D eigenvalue weighted by molar-refractivity contribution is 0.0903. The Labute approximate surface area is 193 Å². The minimum absolute atomic E-state index is 0.0339. The molecule has 0 radical (unpaired) electrons. The van der Waals surface area contributed by atoms with Gasteiger partial charge in [-0.15, -0.1) is 0 Å². The van der Waals surface area contributed by atoms with E-state index in [9.17, 15) is 4.79 Å². The summed E-state index contributed by atoms with van der Waals surface area (Å²) >= 11 is 0.